The topological polar surface area (TPSA) is 70.4 Å². The lowest BCUT2D eigenvalue weighted by molar-refractivity contribution is 0.285. The minimum absolute atomic E-state index is 0.0328. The smallest absolute Gasteiger partial charge is 0.158 e. The van der Waals surface area contributed by atoms with Crippen LogP contribution in [0.1, 0.15) is 25.8 Å². The zero-order valence-electron chi connectivity index (χ0n) is 15.0. The zero-order valence-corrected chi connectivity index (χ0v) is 16.6. The number of fused-ring (bicyclic) bond motifs is 1. The third-order valence-corrected chi connectivity index (χ3v) is 6.39. The monoisotopic (exact) mass is 412 g/mol. The number of aliphatic hydroxyl groups excluding tert-OH is 1. The van der Waals surface area contributed by atoms with Gasteiger partial charge in [0.05, 0.1) is 23.1 Å². The van der Waals surface area contributed by atoms with Crippen molar-refractivity contribution >= 4 is 44.9 Å². The fourth-order valence-electron chi connectivity index (χ4n) is 2.81. The predicted molar refractivity (Wildman–Crippen MR) is 113 cm³/mol. The molecule has 0 saturated heterocycles. The first-order valence-corrected chi connectivity index (χ1v) is 10.2. The minimum Gasteiger partial charge on any atom is -0.391 e. The Balaban J connectivity index is 1.54. The number of benzene rings is 1. The van der Waals surface area contributed by atoms with E-state index in [9.17, 15) is 9.50 Å². The van der Waals surface area contributed by atoms with E-state index in [0.29, 0.717) is 12.2 Å². The SMILES string of the molecule is Cc1cc(CO)sc1C=NNc1ncnc2sc(Cc3ccc(F)cc3)cc12. The molecule has 28 heavy (non-hydrogen) atoms. The van der Waals surface area contributed by atoms with E-state index in [1.165, 1.54) is 29.8 Å². The van der Waals surface area contributed by atoms with Gasteiger partial charge in [-0.05, 0) is 42.3 Å². The molecule has 4 rings (SSSR count). The number of thiophene rings is 2. The fourth-order valence-corrected chi connectivity index (χ4v) is 4.74. The van der Waals surface area contributed by atoms with Gasteiger partial charge < -0.3 is 5.11 Å². The number of hydrogen-bond donors (Lipinski definition) is 2. The number of nitrogens with zero attached hydrogens (tertiary/aromatic N) is 3. The van der Waals surface area contributed by atoms with Gasteiger partial charge in [-0.3, -0.25) is 5.43 Å². The molecular formula is C20H17FN4OS2. The molecule has 4 aromatic rings. The third kappa shape index (κ3) is 4.09. The van der Waals surface area contributed by atoms with E-state index in [1.54, 1.807) is 29.7 Å². The van der Waals surface area contributed by atoms with Crippen LogP contribution in [-0.2, 0) is 13.0 Å². The summed E-state index contributed by atoms with van der Waals surface area (Å²) in [4.78, 5) is 12.5. The quantitative estimate of drug-likeness (QED) is 0.355. The highest BCUT2D eigenvalue weighted by molar-refractivity contribution is 7.18. The van der Waals surface area contributed by atoms with Crippen molar-refractivity contribution in [2.45, 2.75) is 20.0 Å². The van der Waals surface area contributed by atoms with E-state index in [2.05, 4.69) is 20.5 Å². The summed E-state index contributed by atoms with van der Waals surface area (Å²) in [6.45, 7) is 2.02. The summed E-state index contributed by atoms with van der Waals surface area (Å²) < 4.78 is 13.1. The van der Waals surface area contributed by atoms with Gasteiger partial charge in [-0.1, -0.05) is 12.1 Å². The molecule has 1 aromatic carbocycles. The molecule has 142 valence electrons. The van der Waals surface area contributed by atoms with Gasteiger partial charge in [-0.2, -0.15) is 5.10 Å². The van der Waals surface area contributed by atoms with E-state index < -0.39 is 0 Å². The second-order valence-electron chi connectivity index (χ2n) is 6.25. The molecule has 0 aliphatic heterocycles. The highest BCUT2D eigenvalue weighted by Gasteiger charge is 2.09. The van der Waals surface area contributed by atoms with Gasteiger partial charge in [0.25, 0.3) is 0 Å². The van der Waals surface area contributed by atoms with Crippen LogP contribution in [0, 0.1) is 12.7 Å². The van der Waals surface area contributed by atoms with Crippen LogP contribution in [0.2, 0.25) is 0 Å². The second-order valence-corrected chi connectivity index (χ2v) is 8.53. The van der Waals surface area contributed by atoms with E-state index in [-0.39, 0.29) is 12.4 Å². The normalized spacial score (nSPS) is 11.5. The van der Waals surface area contributed by atoms with Crippen LogP contribution in [0.5, 0.6) is 0 Å². The van der Waals surface area contributed by atoms with E-state index in [0.717, 1.165) is 36.0 Å². The molecule has 2 N–H and O–H groups in total. The number of hydrogen-bond acceptors (Lipinski definition) is 7. The Kier molecular flexibility index (Phi) is 5.43. The summed E-state index contributed by atoms with van der Waals surface area (Å²) in [5.74, 6) is 0.404. The summed E-state index contributed by atoms with van der Waals surface area (Å²) >= 11 is 3.09. The first-order chi connectivity index (χ1) is 13.6. The van der Waals surface area contributed by atoms with Crippen molar-refractivity contribution in [1.29, 1.82) is 0 Å². The van der Waals surface area contributed by atoms with Crippen molar-refractivity contribution in [2.24, 2.45) is 5.10 Å². The largest absolute Gasteiger partial charge is 0.391 e. The number of halogens is 1. The van der Waals surface area contributed by atoms with Crippen LogP contribution in [0.25, 0.3) is 10.2 Å². The minimum atomic E-state index is -0.234. The number of hydrazone groups is 1. The van der Waals surface area contributed by atoms with Gasteiger partial charge in [0.15, 0.2) is 5.82 Å². The Morgan fingerprint density at radius 1 is 1.14 bits per heavy atom. The number of aryl methyl sites for hydroxylation is 1. The average Bonchev–Trinajstić information content (AvgIpc) is 3.27. The molecule has 8 heteroatoms. The number of anilines is 1. The number of aliphatic hydroxyl groups is 1. The molecule has 0 atom stereocenters. The number of rotatable bonds is 6. The van der Waals surface area contributed by atoms with Gasteiger partial charge in [0, 0.05) is 16.2 Å². The van der Waals surface area contributed by atoms with Gasteiger partial charge in [-0.25, -0.2) is 14.4 Å². The molecule has 0 amide bonds. The van der Waals surface area contributed by atoms with E-state index >= 15 is 0 Å². The van der Waals surface area contributed by atoms with Crippen LogP contribution in [0.4, 0.5) is 10.2 Å². The lowest BCUT2D eigenvalue weighted by Crippen LogP contribution is -1.94. The maximum absolute atomic E-state index is 13.1. The number of nitrogens with one attached hydrogen (secondary N) is 1. The molecule has 5 nitrogen and oxygen atoms in total. The molecule has 0 unspecified atom stereocenters. The molecule has 0 aliphatic carbocycles. The van der Waals surface area contributed by atoms with Crippen molar-refractivity contribution in [1.82, 2.24) is 9.97 Å². The lowest BCUT2D eigenvalue weighted by Gasteiger charge is -1.99. The fraction of sp³-hybridized carbons (Fsp3) is 0.150. The molecular weight excluding hydrogens is 395 g/mol. The molecule has 0 saturated carbocycles. The Labute approximate surface area is 169 Å². The summed E-state index contributed by atoms with van der Waals surface area (Å²) in [5.41, 5.74) is 5.11. The van der Waals surface area contributed by atoms with Crippen LogP contribution in [0.3, 0.4) is 0 Å². The summed E-state index contributed by atoms with van der Waals surface area (Å²) in [6, 6.07) is 10.5. The van der Waals surface area contributed by atoms with Crippen LogP contribution < -0.4 is 5.43 Å². The summed E-state index contributed by atoms with van der Waals surface area (Å²) in [5, 5.41) is 14.4. The molecule has 0 radical (unpaired) electrons. The van der Waals surface area contributed by atoms with E-state index in [4.69, 9.17) is 0 Å². The zero-order chi connectivity index (χ0) is 19.5. The van der Waals surface area contributed by atoms with Crippen molar-refractivity contribution in [3.05, 3.63) is 74.3 Å². The van der Waals surface area contributed by atoms with Gasteiger partial charge >= 0.3 is 0 Å². The van der Waals surface area contributed by atoms with Crippen molar-refractivity contribution in [2.75, 3.05) is 5.43 Å². The van der Waals surface area contributed by atoms with Crippen LogP contribution in [0.15, 0.2) is 47.8 Å². The number of aromatic nitrogens is 2. The molecule has 0 aliphatic rings. The first-order valence-electron chi connectivity index (χ1n) is 8.59. The van der Waals surface area contributed by atoms with Crippen molar-refractivity contribution < 1.29 is 9.50 Å². The summed E-state index contributed by atoms with van der Waals surface area (Å²) in [7, 11) is 0. The van der Waals surface area contributed by atoms with E-state index in [1.807, 2.05) is 19.1 Å². The maximum atomic E-state index is 13.1. The molecule has 0 spiro atoms. The Morgan fingerprint density at radius 2 is 1.96 bits per heavy atom. The lowest BCUT2D eigenvalue weighted by atomic mass is 10.1. The Hall–Kier alpha value is -2.68. The highest BCUT2D eigenvalue weighted by atomic mass is 32.1. The standard InChI is InChI=1S/C20H17FN4OS2/c1-12-6-16(10-26)27-18(12)9-24-25-19-17-8-15(28-20(17)23-11-22-19)7-13-2-4-14(21)5-3-13/h2-6,8-9,11,26H,7,10H2,1H3,(H,22,23,25). The van der Waals surface area contributed by atoms with Gasteiger partial charge in [-0.15, -0.1) is 22.7 Å². The third-order valence-electron chi connectivity index (χ3n) is 4.19. The second kappa shape index (κ2) is 8.14. The van der Waals surface area contributed by atoms with Gasteiger partial charge in [0.1, 0.15) is 17.0 Å². The predicted octanol–water partition coefficient (Wildman–Crippen LogP) is 4.73. The van der Waals surface area contributed by atoms with Crippen molar-refractivity contribution in [3.63, 3.8) is 0 Å². The van der Waals surface area contributed by atoms with Crippen LogP contribution in [-0.4, -0.2) is 21.3 Å². The highest BCUT2D eigenvalue weighted by Crippen LogP contribution is 2.30. The molecule has 3 heterocycles. The molecule has 3 aromatic heterocycles. The molecule has 0 bridgehead atoms. The summed E-state index contributed by atoms with van der Waals surface area (Å²) in [6.07, 6.45) is 3.96. The van der Waals surface area contributed by atoms with Crippen LogP contribution >= 0.6 is 22.7 Å². The van der Waals surface area contributed by atoms with Crippen molar-refractivity contribution in [3.8, 4) is 0 Å². The Bertz CT molecular complexity index is 1140. The first kappa shape index (κ1) is 18.7. The molecule has 0 fully saturated rings. The van der Waals surface area contributed by atoms with Gasteiger partial charge in [0.2, 0.25) is 0 Å². The maximum Gasteiger partial charge on any atom is 0.158 e. The Morgan fingerprint density at radius 3 is 2.71 bits per heavy atom. The average molecular weight is 413 g/mol.